The number of hydrogen-bond donors (Lipinski definition) is 0. The van der Waals surface area contributed by atoms with Crippen molar-refractivity contribution in [1.82, 2.24) is 14.1 Å². The largest absolute Gasteiger partial charge is 1.00 e. The first-order valence-corrected chi connectivity index (χ1v) is 13.4. The van der Waals surface area contributed by atoms with Crippen molar-refractivity contribution < 1.29 is 22.4 Å². The molecule has 4 heteroatoms. The average molecular weight is 710 g/mol. The maximum atomic E-state index is 4.70. The van der Waals surface area contributed by atoms with Gasteiger partial charge in [-0.1, -0.05) is 121 Å². The maximum Gasteiger partial charge on any atom is 1.00 e. The van der Waals surface area contributed by atoms with Gasteiger partial charge < -0.3 is 4.98 Å². The summed E-state index contributed by atoms with van der Waals surface area (Å²) in [5.74, 6) is 0. The Kier molecular flexibility index (Phi) is 7.60. The van der Waals surface area contributed by atoms with Gasteiger partial charge in [0.2, 0.25) is 11.4 Å². The molecule has 41 heavy (non-hydrogen) atoms. The summed E-state index contributed by atoms with van der Waals surface area (Å²) >= 11 is 0. The predicted molar refractivity (Wildman–Crippen MR) is 167 cm³/mol. The molecule has 3 nitrogen and oxygen atoms in total. The second-order valence-electron chi connectivity index (χ2n) is 9.63. The third-order valence-corrected chi connectivity index (χ3v) is 7.13. The van der Waals surface area contributed by atoms with Crippen LogP contribution in [-0.2, 0) is 22.4 Å². The predicted octanol–water partition coefficient (Wildman–Crippen LogP) is 9.16. The molecule has 1 aliphatic heterocycles. The van der Waals surface area contributed by atoms with Gasteiger partial charge in [-0.2, -0.15) is 0 Å². The van der Waals surface area contributed by atoms with E-state index in [0.717, 1.165) is 33.8 Å². The molecule has 6 aromatic carbocycles. The molecule has 0 aliphatic carbocycles. The fourth-order valence-electron chi connectivity index (χ4n) is 5.28. The third-order valence-electron chi connectivity index (χ3n) is 7.13. The summed E-state index contributed by atoms with van der Waals surface area (Å²) in [5, 5.41) is 2.49. The van der Waals surface area contributed by atoms with Crippen LogP contribution in [0.3, 0.4) is 0 Å². The molecular weight excluding hydrogens is 683 g/mol. The molecule has 198 valence electrons. The molecule has 0 bridgehead atoms. The van der Waals surface area contributed by atoms with Crippen LogP contribution in [0.25, 0.3) is 32.9 Å². The molecule has 0 saturated heterocycles. The van der Waals surface area contributed by atoms with Gasteiger partial charge in [0, 0.05) is 36.4 Å². The third kappa shape index (κ3) is 5.12. The molecule has 0 unspecified atom stereocenters. The van der Waals surface area contributed by atoms with Crippen LogP contribution in [-0.4, -0.2) is 6.01 Å². The molecular formula is C37H26AuN3+2. The standard InChI is InChI=1S/C19H14N2.C18H12N.Au/c1-3-9-16(10-4-1)20-15-21(17-11-5-2-6-12-17)19-14-8-7-13-18(19)20;1-2-7-13(8-3-1)14-10-6-12-17-18(14)15-9-4-5-11-16(15)19-17;/h1-14H;1-12H;/q+2;-1;+1. The minimum Gasteiger partial charge on any atom is -0.657 e. The number of para-hydroxylation sites is 5. The Hall–Kier alpha value is -4.76. The Morgan fingerprint density at radius 1 is 0.439 bits per heavy atom. The molecule has 0 N–H and O–H groups in total. The first kappa shape index (κ1) is 26.5. The van der Waals surface area contributed by atoms with Crippen LogP contribution in [0.15, 0.2) is 158 Å². The number of aromatic nitrogens is 1. The molecule has 2 heterocycles. The normalized spacial score (nSPS) is 11.6. The van der Waals surface area contributed by atoms with Gasteiger partial charge in [0.1, 0.15) is 0 Å². The van der Waals surface area contributed by atoms with Crippen molar-refractivity contribution in [1.29, 1.82) is 0 Å². The average Bonchev–Trinajstić information content (AvgIpc) is 3.62. The Labute approximate surface area is 254 Å². The van der Waals surface area contributed by atoms with E-state index in [1.807, 2.05) is 48.5 Å². The van der Waals surface area contributed by atoms with Crippen molar-refractivity contribution in [2.24, 2.45) is 0 Å². The summed E-state index contributed by atoms with van der Waals surface area (Å²) in [7, 11) is 0. The van der Waals surface area contributed by atoms with Crippen molar-refractivity contribution in [3.63, 3.8) is 0 Å². The van der Waals surface area contributed by atoms with Crippen LogP contribution in [0.4, 0.5) is 22.7 Å². The zero-order valence-electron chi connectivity index (χ0n) is 22.2. The first-order valence-electron chi connectivity index (χ1n) is 13.4. The minimum absolute atomic E-state index is 0. The number of benzene rings is 6. The zero-order valence-corrected chi connectivity index (χ0v) is 24.3. The Morgan fingerprint density at radius 2 is 0.927 bits per heavy atom. The van der Waals surface area contributed by atoms with Gasteiger partial charge in [-0.05, 0) is 31.1 Å². The number of fused-ring (bicyclic) bond motifs is 4. The van der Waals surface area contributed by atoms with E-state index < -0.39 is 0 Å². The quantitative estimate of drug-likeness (QED) is 0.132. The summed E-state index contributed by atoms with van der Waals surface area (Å²) in [6.45, 7) is 0. The van der Waals surface area contributed by atoms with Crippen LogP contribution in [0.1, 0.15) is 0 Å². The van der Waals surface area contributed by atoms with Crippen molar-refractivity contribution >= 4 is 50.6 Å². The van der Waals surface area contributed by atoms with Crippen LogP contribution >= 0.6 is 0 Å². The molecule has 1 aromatic heterocycles. The molecule has 8 rings (SSSR count). The van der Waals surface area contributed by atoms with E-state index >= 15 is 0 Å². The Bertz CT molecular complexity index is 1950. The van der Waals surface area contributed by atoms with Crippen molar-refractivity contribution in [3.8, 4) is 11.1 Å². The summed E-state index contributed by atoms with van der Waals surface area (Å²) in [6.07, 6.45) is 0. The SMILES string of the molecule is C1=[N+](c2ccccc2)c2ccccc2[N+]=1c1ccccc1.[Au+].c1ccc(-c2cccc3[n-]c4ccccc4c23)cc1. The second-order valence-corrected chi connectivity index (χ2v) is 9.63. The summed E-state index contributed by atoms with van der Waals surface area (Å²) in [6, 6.07) is 57.6. The minimum atomic E-state index is 0. The number of hydrogen-bond acceptors (Lipinski definition) is 0. The molecule has 0 radical (unpaired) electrons. The van der Waals surface area contributed by atoms with Crippen molar-refractivity contribution in [3.05, 3.63) is 158 Å². The second kappa shape index (κ2) is 11.8. The molecule has 7 aromatic rings. The van der Waals surface area contributed by atoms with Crippen LogP contribution in [0.5, 0.6) is 0 Å². The Morgan fingerprint density at radius 3 is 1.54 bits per heavy atom. The van der Waals surface area contributed by atoms with E-state index in [1.54, 1.807) is 0 Å². The number of nitrogens with zero attached hydrogens (tertiary/aromatic N) is 3. The smallest absolute Gasteiger partial charge is 0.657 e. The van der Waals surface area contributed by atoms with Gasteiger partial charge in [-0.25, -0.2) is 0 Å². The van der Waals surface area contributed by atoms with Crippen LogP contribution in [0, 0.1) is 0 Å². The fourth-order valence-corrected chi connectivity index (χ4v) is 5.28. The van der Waals surface area contributed by atoms with Gasteiger partial charge in [-0.15, -0.1) is 11.0 Å². The fraction of sp³-hybridized carbons (Fsp3) is 0. The van der Waals surface area contributed by atoms with Crippen LogP contribution in [0.2, 0.25) is 0 Å². The van der Waals surface area contributed by atoms with Crippen molar-refractivity contribution in [2.45, 2.75) is 0 Å². The number of rotatable bonds is 3. The monoisotopic (exact) mass is 709 g/mol. The van der Waals surface area contributed by atoms with Gasteiger partial charge >= 0.3 is 28.4 Å². The summed E-state index contributed by atoms with van der Waals surface area (Å²) in [5.41, 5.74) is 9.16. The summed E-state index contributed by atoms with van der Waals surface area (Å²) in [4.78, 5) is 4.70. The zero-order chi connectivity index (χ0) is 26.7. The van der Waals surface area contributed by atoms with E-state index in [4.69, 9.17) is 4.98 Å². The topological polar surface area (TPSA) is 20.1 Å². The van der Waals surface area contributed by atoms with E-state index in [9.17, 15) is 0 Å². The molecule has 0 amide bonds. The van der Waals surface area contributed by atoms with Crippen LogP contribution < -0.4 is 14.1 Å². The van der Waals surface area contributed by atoms with Crippen molar-refractivity contribution in [2.75, 3.05) is 0 Å². The van der Waals surface area contributed by atoms with E-state index in [0.29, 0.717) is 0 Å². The van der Waals surface area contributed by atoms with Gasteiger partial charge in [0.05, 0.1) is 0 Å². The van der Waals surface area contributed by atoms with E-state index in [-0.39, 0.29) is 22.4 Å². The molecule has 1 aliphatic rings. The first-order chi connectivity index (χ1) is 19.9. The van der Waals surface area contributed by atoms with Gasteiger partial charge in [0.25, 0.3) is 11.4 Å². The van der Waals surface area contributed by atoms with Gasteiger partial charge in [-0.3, -0.25) is 0 Å². The Balaban J connectivity index is 0.000000145. The molecule has 0 atom stereocenters. The van der Waals surface area contributed by atoms with E-state index in [1.165, 1.54) is 21.9 Å². The van der Waals surface area contributed by atoms with E-state index in [2.05, 4.69) is 124 Å². The summed E-state index contributed by atoms with van der Waals surface area (Å²) < 4.78 is 4.20. The molecule has 0 saturated carbocycles. The molecule has 0 fully saturated rings. The maximum absolute atomic E-state index is 4.70. The molecule has 0 spiro atoms. The van der Waals surface area contributed by atoms with Gasteiger partial charge in [0.15, 0.2) is 0 Å².